The van der Waals surface area contributed by atoms with Crippen molar-refractivity contribution in [2.75, 3.05) is 5.73 Å². The van der Waals surface area contributed by atoms with Gasteiger partial charge in [-0.2, -0.15) is 0 Å². The highest BCUT2D eigenvalue weighted by atomic mass is 35.5. The molecule has 3 aromatic rings. The van der Waals surface area contributed by atoms with Crippen molar-refractivity contribution in [3.05, 3.63) is 47.0 Å². The minimum Gasteiger partial charge on any atom is -0.436 e. The molecule has 2 aromatic carbocycles. The third-order valence-electron chi connectivity index (χ3n) is 2.88. The Bertz CT molecular complexity index is 734. The number of nitrogens with two attached hydrogens (primary N) is 1. The highest BCUT2D eigenvalue weighted by Gasteiger charge is 2.12. The number of nitrogen functional groups attached to an aromatic ring is 1. The van der Waals surface area contributed by atoms with E-state index < -0.39 is 0 Å². The van der Waals surface area contributed by atoms with Crippen LogP contribution in [0.5, 0.6) is 0 Å². The summed E-state index contributed by atoms with van der Waals surface area (Å²) in [5.74, 6) is 0.544. The van der Waals surface area contributed by atoms with Crippen LogP contribution in [-0.4, -0.2) is 4.98 Å². The fraction of sp³-hybridized carbons (Fsp3) is 0.0714. The van der Waals surface area contributed by atoms with Crippen molar-refractivity contribution in [2.45, 2.75) is 6.92 Å². The lowest BCUT2D eigenvalue weighted by molar-refractivity contribution is 0.619. The zero-order chi connectivity index (χ0) is 12.7. The van der Waals surface area contributed by atoms with Crippen LogP contribution in [0.2, 0.25) is 5.02 Å². The summed E-state index contributed by atoms with van der Waals surface area (Å²) in [5.41, 5.74) is 9.80. The number of benzene rings is 2. The van der Waals surface area contributed by atoms with Gasteiger partial charge in [-0.25, -0.2) is 4.98 Å². The largest absolute Gasteiger partial charge is 0.436 e. The summed E-state index contributed by atoms with van der Waals surface area (Å²) in [7, 11) is 0. The molecule has 0 unspecified atom stereocenters. The Labute approximate surface area is 109 Å². The number of fused-ring (bicyclic) bond motifs is 1. The summed E-state index contributed by atoms with van der Waals surface area (Å²) < 4.78 is 5.72. The minimum absolute atomic E-state index is 0.544. The van der Waals surface area contributed by atoms with Gasteiger partial charge in [0.15, 0.2) is 5.58 Å². The molecule has 0 atom stereocenters. The predicted octanol–water partition coefficient (Wildman–Crippen LogP) is 4.04. The Morgan fingerprint density at radius 3 is 2.83 bits per heavy atom. The van der Waals surface area contributed by atoms with Gasteiger partial charge in [0.2, 0.25) is 5.89 Å². The van der Waals surface area contributed by atoms with Gasteiger partial charge in [-0.1, -0.05) is 23.7 Å². The first-order valence-electron chi connectivity index (χ1n) is 5.57. The van der Waals surface area contributed by atoms with Gasteiger partial charge in [-0.05, 0) is 36.8 Å². The van der Waals surface area contributed by atoms with Gasteiger partial charge in [-0.3, -0.25) is 0 Å². The first-order chi connectivity index (χ1) is 8.65. The van der Waals surface area contributed by atoms with Crippen molar-refractivity contribution < 1.29 is 4.42 Å². The van der Waals surface area contributed by atoms with Crippen molar-refractivity contribution in [1.29, 1.82) is 0 Å². The fourth-order valence-corrected chi connectivity index (χ4v) is 2.08. The van der Waals surface area contributed by atoms with Gasteiger partial charge in [0.05, 0.1) is 5.69 Å². The Balaban J connectivity index is 2.26. The van der Waals surface area contributed by atoms with Crippen molar-refractivity contribution in [3.63, 3.8) is 0 Å². The van der Waals surface area contributed by atoms with Gasteiger partial charge in [0, 0.05) is 10.6 Å². The number of halogens is 1. The zero-order valence-electron chi connectivity index (χ0n) is 9.77. The summed E-state index contributed by atoms with van der Waals surface area (Å²) in [6.45, 7) is 1.99. The van der Waals surface area contributed by atoms with E-state index in [1.54, 1.807) is 6.07 Å². The van der Waals surface area contributed by atoms with Crippen LogP contribution in [0, 0.1) is 6.92 Å². The smallest absolute Gasteiger partial charge is 0.227 e. The molecule has 0 radical (unpaired) electrons. The van der Waals surface area contributed by atoms with Crippen LogP contribution in [-0.2, 0) is 0 Å². The maximum absolute atomic E-state index is 6.00. The molecule has 0 spiro atoms. The monoisotopic (exact) mass is 258 g/mol. The Morgan fingerprint density at radius 1 is 1.22 bits per heavy atom. The topological polar surface area (TPSA) is 52.0 Å². The molecule has 0 saturated heterocycles. The average molecular weight is 259 g/mol. The van der Waals surface area contributed by atoms with Crippen LogP contribution in [0.1, 0.15) is 5.56 Å². The Morgan fingerprint density at radius 2 is 2.06 bits per heavy atom. The first-order valence-corrected chi connectivity index (χ1v) is 5.94. The molecule has 0 amide bonds. The third kappa shape index (κ3) is 1.73. The Hall–Kier alpha value is -2.00. The molecule has 0 aliphatic heterocycles. The number of aromatic nitrogens is 1. The summed E-state index contributed by atoms with van der Waals surface area (Å²) >= 11 is 6.00. The van der Waals surface area contributed by atoms with E-state index >= 15 is 0 Å². The quantitative estimate of drug-likeness (QED) is 0.670. The molecular formula is C14H11ClN2O. The number of anilines is 1. The van der Waals surface area contributed by atoms with Gasteiger partial charge in [-0.15, -0.1) is 0 Å². The number of rotatable bonds is 1. The minimum atomic E-state index is 0.544. The van der Waals surface area contributed by atoms with Crippen LogP contribution in [0.25, 0.3) is 22.6 Å². The summed E-state index contributed by atoms with van der Waals surface area (Å²) in [5, 5.41) is 0.658. The van der Waals surface area contributed by atoms with Gasteiger partial charge < -0.3 is 10.2 Å². The number of para-hydroxylation sites is 1. The fourth-order valence-electron chi connectivity index (χ4n) is 1.91. The summed E-state index contributed by atoms with van der Waals surface area (Å²) in [6.07, 6.45) is 0. The third-order valence-corrected chi connectivity index (χ3v) is 3.12. The second kappa shape index (κ2) is 4.03. The molecule has 4 heteroatoms. The molecule has 2 N–H and O–H groups in total. The van der Waals surface area contributed by atoms with Crippen LogP contribution in [0.4, 0.5) is 5.69 Å². The second-order valence-corrected chi connectivity index (χ2v) is 4.61. The average Bonchev–Trinajstić information content (AvgIpc) is 2.77. The molecule has 0 bridgehead atoms. The van der Waals surface area contributed by atoms with Crippen molar-refractivity contribution >= 4 is 28.4 Å². The van der Waals surface area contributed by atoms with Crippen molar-refractivity contribution in [3.8, 4) is 11.5 Å². The van der Waals surface area contributed by atoms with Crippen molar-refractivity contribution in [2.24, 2.45) is 0 Å². The first kappa shape index (κ1) is 11.1. The number of nitrogens with zero attached hydrogens (tertiary/aromatic N) is 1. The van der Waals surface area contributed by atoms with Gasteiger partial charge in [0.25, 0.3) is 0 Å². The van der Waals surface area contributed by atoms with E-state index in [0.717, 1.165) is 11.1 Å². The molecule has 1 heterocycles. The lowest BCUT2D eigenvalue weighted by atomic mass is 10.1. The molecule has 90 valence electrons. The molecule has 0 fully saturated rings. The normalized spacial score (nSPS) is 11.0. The zero-order valence-corrected chi connectivity index (χ0v) is 10.5. The maximum atomic E-state index is 6.00. The number of oxazole rings is 1. The number of aryl methyl sites for hydroxylation is 1. The number of hydrogen-bond acceptors (Lipinski definition) is 3. The van der Waals surface area contributed by atoms with Gasteiger partial charge >= 0.3 is 0 Å². The van der Waals surface area contributed by atoms with Crippen LogP contribution in [0.15, 0.2) is 40.8 Å². The molecule has 0 aliphatic rings. The van der Waals surface area contributed by atoms with E-state index in [2.05, 4.69) is 4.98 Å². The molecule has 18 heavy (non-hydrogen) atoms. The van der Waals surface area contributed by atoms with E-state index in [1.807, 2.05) is 37.3 Å². The van der Waals surface area contributed by atoms with E-state index in [1.165, 1.54) is 0 Å². The summed E-state index contributed by atoms with van der Waals surface area (Å²) in [4.78, 5) is 4.43. The maximum Gasteiger partial charge on any atom is 0.227 e. The molecule has 3 nitrogen and oxygen atoms in total. The van der Waals surface area contributed by atoms with Crippen LogP contribution in [0.3, 0.4) is 0 Å². The highest BCUT2D eigenvalue weighted by molar-refractivity contribution is 6.30. The van der Waals surface area contributed by atoms with E-state index in [-0.39, 0.29) is 0 Å². The van der Waals surface area contributed by atoms with Gasteiger partial charge in [0.1, 0.15) is 5.52 Å². The van der Waals surface area contributed by atoms with Crippen molar-refractivity contribution in [1.82, 2.24) is 4.98 Å². The lowest BCUT2D eigenvalue weighted by Crippen LogP contribution is -1.86. The number of hydrogen-bond donors (Lipinski definition) is 1. The molecule has 1 aromatic heterocycles. The van der Waals surface area contributed by atoms with E-state index in [4.69, 9.17) is 21.8 Å². The summed E-state index contributed by atoms with van der Waals surface area (Å²) in [6, 6.07) is 11.1. The molecular weight excluding hydrogens is 248 g/mol. The van der Waals surface area contributed by atoms with E-state index in [0.29, 0.717) is 27.7 Å². The van der Waals surface area contributed by atoms with Crippen LogP contribution >= 0.6 is 11.6 Å². The van der Waals surface area contributed by atoms with E-state index in [9.17, 15) is 0 Å². The molecule has 3 rings (SSSR count). The Kier molecular flexibility index (Phi) is 2.49. The SMILES string of the molecule is Cc1ccc(Cl)cc1-c1nc2c(N)cccc2o1. The van der Waals surface area contributed by atoms with Crippen LogP contribution < -0.4 is 5.73 Å². The highest BCUT2D eigenvalue weighted by Crippen LogP contribution is 2.30. The molecule has 0 saturated carbocycles. The lowest BCUT2D eigenvalue weighted by Gasteiger charge is -2.01. The standard InChI is InChI=1S/C14H11ClN2O/c1-8-5-6-9(15)7-10(8)14-17-13-11(16)3-2-4-12(13)18-14/h2-7H,16H2,1H3. The second-order valence-electron chi connectivity index (χ2n) is 4.17. The molecule has 0 aliphatic carbocycles. The predicted molar refractivity (Wildman–Crippen MR) is 73.6 cm³/mol.